The molecule has 2 bridgehead atoms. The Morgan fingerprint density at radius 1 is 1.09 bits per heavy atom. The first-order chi connectivity index (χ1) is 15.9. The van der Waals surface area contributed by atoms with E-state index in [1.807, 2.05) is 4.90 Å². The largest absolute Gasteiger partial charge is 0.497 e. The molecule has 0 spiro atoms. The Hall–Kier alpha value is -3.11. The van der Waals surface area contributed by atoms with E-state index in [1.54, 1.807) is 53.5 Å². The van der Waals surface area contributed by atoms with E-state index >= 15 is 0 Å². The number of benzene rings is 1. The number of amides is 1. The number of methoxy groups -OCH3 is 1. The first-order valence-electron chi connectivity index (χ1n) is 10.6. The molecule has 33 heavy (non-hydrogen) atoms. The van der Waals surface area contributed by atoms with Gasteiger partial charge in [0.05, 0.1) is 7.11 Å². The number of nitrogens with zero attached hydrogens (tertiary/aromatic N) is 2. The van der Waals surface area contributed by atoms with E-state index in [2.05, 4.69) is 4.72 Å². The highest BCUT2D eigenvalue weighted by atomic mass is 32.2. The van der Waals surface area contributed by atoms with Gasteiger partial charge < -0.3 is 14.2 Å². The van der Waals surface area contributed by atoms with Crippen LogP contribution < -0.4 is 15.0 Å². The third-order valence-electron chi connectivity index (χ3n) is 6.23. The molecule has 8 nitrogen and oxygen atoms in total. The third-order valence-corrected chi connectivity index (χ3v) is 9.00. The summed E-state index contributed by atoms with van der Waals surface area (Å²) in [6.45, 7) is 1.52. The number of hydrogen-bond donors (Lipinski definition) is 1. The van der Waals surface area contributed by atoms with Crippen molar-refractivity contribution in [3.63, 3.8) is 0 Å². The Kier molecular flexibility index (Phi) is 5.49. The maximum Gasteiger partial charge on any atom is 0.275 e. The van der Waals surface area contributed by atoms with Gasteiger partial charge in [0.1, 0.15) is 15.6 Å². The van der Waals surface area contributed by atoms with Crippen LogP contribution in [-0.4, -0.2) is 44.0 Å². The molecule has 1 amide bonds. The molecule has 3 aromatic rings. The number of carbonyl (C=O) groups is 1. The number of pyridine rings is 1. The molecule has 1 N–H and O–H groups in total. The number of ether oxygens (including phenoxy) is 1. The van der Waals surface area contributed by atoms with Gasteiger partial charge in [0.25, 0.3) is 21.5 Å². The van der Waals surface area contributed by atoms with Gasteiger partial charge in [-0.1, -0.05) is 6.07 Å². The maximum atomic E-state index is 13.1. The molecular formula is C23H23N3O5S2. The molecule has 2 aliphatic heterocycles. The highest BCUT2D eigenvalue weighted by molar-refractivity contribution is 7.94. The van der Waals surface area contributed by atoms with Crippen LogP contribution in [0.2, 0.25) is 0 Å². The third kappa shape index (κ3) is 4.04. The normalized spacial score (nSPS) is 19.6. The molecule has 2 aliphatic rings. The topological polar surface area (TPSA) is 97.7 Å². The first-order valence-corrected chi connectivity index (χ1v) is 13.0. The zero-order valence-corrected chi connectivity index (χ0v) is 19.6. The lowest BCUT2D eigenvalue weighted by Gasteiger charge is -2.43. The lowest BCUT2D eigenvalue weighted by Crippen LogP contribution is -2.49. The van der Waals surface area contributed by atoms with Gasteiger partial charge in [-0.25, -0.2) is 8.42 Å². The SMILES string of the molecule is COc1ccc(C(=O)N2C[C@@H]3C[C@H](C2)c2ccc(NS(=O)(=O)c4cccs4)c(=O)n2C3)cc1. The smallest absolute Gasteiger partial charge is 0.275 e. The summed E-state index contributed by atoms with van der Waals surface area (Å²) in [5.41, 5.74) is 1.13. The number of sulfonamides is 1. The van der Waals surface area contributed by atoms with Crippen LogP contribution in [0, 0.1) is 5.92 Å². The van der Waals surface area contributed by atoms with Gasteiger partial charge in [0.2, 0.25) is 0 Å². The Morgan fingerprint density at radius 2 is 1.88 bits per heavy atom. The van der Waals surface area contributed by atoms with Crippen LogP contribution >= 0.6 is 11.3 Å². The van der Waals surface area contributed by atoms with Crippen molar-refractivity contribution in [3.8, 4) is 5.75 Å². The number of fused-ring (bicyclic) bond motifs is 4. The molecule has 4 heterocycles. The van der Waals surface area contributed by atoms with Gasteiger partial charge in [-0.15, -0.1) is 11.3 Å². The van der Waals surface area contributed by atoms with Crippen LogP contribution in [0.25, 0.3) is 0 Å². The molecule has 10 heteroatoms. The Balaban J connectivity index is 1.39. The minimum Gasteiger partial charge on any atom is -0.497 e. The molecule has 2 atom stereocenters. The van der Waals surface area contributed by atoms with Crippen LogP contribution in [0.4, 0.5) is 5.69 Å². The number of hydrogen-bond acceptors (Lipinski definition) is 6. The number of carbonyl (C=O) groups excluding carboxylic acids is 1. The summed E-state index contributed by atoms with van der Waals surface area (Å²) in [6, 6.07) is 13.5. The maximum absolute atomic E-state index is 13.1. The van der Waals surface area contributed by atoms with Gasteiger partial charge in [-0.3, -0.25) is 14.3 Å². The predicted octanol–water partition coefficient (Wildman–Crippen LogP) is 2.98. The van der Waals surface area contributed by atoms with Gasteiger partial charge >= 0.3 is 0 Å². The summed E-state index contributed by atoms with van der Waals surface area (Å²) in [4.78, 5) is 28.1. The molecule has 1 fully saturated rings. The summed E-state index contributed by atoms with van der Waals surface area (Å²) in [5.74, 6) is 0.806. The van der Waals surface area contributed by atoms with E-state index in [1.165, 1.54) is 12.1 Å². The van der Waals surface area contributed by atoms with Crippen LogP contribution in [0.15, 0.2) is 62.9 Å². The summed E-state index contributed by atoms with van der Waals surface area (Å²) in [7, 11) is -2.22. The lowest BCUT2D eigenvalue weighted by molar-refractivity contribution is 0.0594. The Bertz CT molecular complexity index is 1350. The number of piperidine rings is 1. The van der Waals surface area contributed by atoms with Gasteiger partial charge in [-0.05, 0) is 60.2 Å². The minimum absolute atomic E-state index is 0.0235. The summed E-state index contributed by atoms with van der Waals surface area (Å²) in [6.07, 6.45) is 0.895. The average Bonchev–Trinajstić information content (AvgIpc) is 3.37. The lowest BCUT2D eigenvalue weighted by atomic mass is 9.83. The van der Waals surface area contributed by atoms with Crippen molar-refractivity contribution in [1.29, 1.82) is 0 Å². The van der Waals surface area contributed by atoms with Gasteiger partial charge in [0, 0.05) is 36.8 Å². The monoisotopic (exact) mass is 485 g/mol. The second kappa shape index (κ2) is 8.35. The second-order valence-corrected chi connectivity index (χ2v) is 11.2. The molecular weight excluding hydrogens is 462 g/mol. The molecule has 1 saturated heterocycles. The summed E-state index contributed by atoms with van der Waals surface area (Å²) >= 11 is 1.10. The van der Waals surface area contributed by atoms with E-state index in [9.17, 15) is 18.0 Å². The molecule has 2 aromatic heterocycles. The van der Waals surface area contributed by atoms with Gasteiger partial charge in [-0.2, -0.15) is 0 Å². The highest BCUT2D eigenvalue weighted by Gasteiger charge is 2.37. The molecule has 1 aromatic carbocycles. The molecule has 0 saturated carbocycles. The van der Waals surface area contributed by atoms with Crippen molar-refractivity contribution in [3.05, 3.63) is 75.5 Å². The number of rotatable bonds is 5. The quantitative estimate of drug-likeness (QED) is 0.599. The van der Waals surface area contributed by atoms with Gasteiger partial charge in [0.15, 0.2) is 0 Å². The van der Waals surface area contributed by atoms with E-state index in [0.29, 0.717) is 30.9 Å². The van der Waals surface area contributed by atoms with Crippen molar-refractivity contribution in [2.45, 2.75) is 23.1 Å². The van der Waals surface area contributed by atoms with E-state index < -0.39 is 10.0 Å². The van der Waals surface area contributed by atoms with Crippen molar-refractivity contribution >= 4 is 33.0 Å². The number of likely N-dealkylation sites (tertiary alicyclic amines) is 1. The predicted molar refractivity (Wildman–Crippen MR) is 126 cm³/mol. The van der Waals surface area contributed by atoms with Crippen LogP contribution in [0.3, 0.4) is 0 Å². The second-order valence-electron chi connectivity index (χ2n) is 8.36. The fourth-order valence-corrected chi connectivity index (χ4v) is 6.77. The summed E-state index contributed by atoms with van der Waals surface area (Å²) in [5, 5.41) is 1.68. The number of anilines is 1. The van der Waals surface area contributed by atoms with E-state index in [-0.39, 0.29) is 33.2 Å². The molecule has 172 valence electrons. The highest BCUT2D eigenvalue weighted by Crippen LogP contribution is 2.36. The number of nitrogens with one attached hydrogen (secondary N) is 1. The molecule has 5 rings (SSSR count). The molecule has 0 unspecified atom stereocenters. The number of aromatic nitrogens is 1. The first kappa shape index (κ1) is 21.7. The van der Waals surface area contributed by atoms with Crippen molar-refractivity contribution in [2.24, 2.45) is 5.92 Å². The fraction of sp³-hybridized carbons (Fsp3) is 0.304. The van der Waals surface area contributed by atoms with Crippen molar-refractivity contribution in [1.82, 2.24) is 9.47 Å². The number of thiophene rings is 1. The Labute approximate surface area is 195 Å². The van der Waals surface area contributed by atoms with Crippen molar-refractivity contribution < 1.29 is 17.9 Å². The summed E-state index contributed by atoms with van der Waals surface area (Å²) < 4.78 is 34.6. The minimum atomic E-state index is -3.80. The van der Waals surface area contributed by atoms with Crippen LogP contribution in [0.5, 0.6) is 5.75 Å². The zero-order chi connectivity index (χ0) is 23.2. The van der Waals surface area contributed by atoms with Crippen molar-refractivity contribution in [2.75, 3.05) is 24.9 Å². The van der Waals surface area contributed by atoms with Crippen LogP contribution in [-0.2, 0) is 16.6 Å². The van der Waals surface area contributed by atoms with E-state index in [0.717, 1.165) is 23.5 Å². The van der Waals surface area contributed by atoms with Crippen LogP contribution in [0.1, 0.15) is 28.4 Å². The zero-order valence-electron chi connectivity index (χ0n) is 17.9. The average molecular weight is 486 g/mol. The van der Waals surface area contributed by atoms with E-state index in [4.69, 9.17) is 4.74 Å². The molecule has 0 radical (unpaired) electrons. The Morgan fingerprint density at radius 3 is 2.58 bits per heavy atom. The fourth-order valence-electron chi connectivity index (χ4n) is 4.72. The molecule has 0 aliphatic carbocycles. The standard InChI is InChI=1S/C23H23N3O5S2/c1-31-18-6-4-16(5-7-18)22(27)25-12-15-11-17(14-25)20-9-8-19(23(28)26(20)13-15)24-33(29,30)21-3-2-10-32-21/h2-10,15,17,24H,11-14H2,1H3/t15-,17+/m0/s1.